The average Bonchev–Trinajstić information content (AvgIpc) is 2.31. The summed E-state index contributed by atoms with van der Waals surface area (Å²) in [4.78, 5) is 11.4. The average molecular weight is 251 g/mol. The van der Waals surface area contributed by atoms with Crippen LogP contribution in [0.1, 0.15) is 22.3 Å². The van der Waals surface area contributed by atoms with Gasteiger partial charge in [0.1, 0.15) is 0 Å². The molecule has 0 saturated carbocycles. The Labute approximate surface area is 107 Å². The monoisotopic (exact) mass is 251 g/mol. The Balaban J connectivity index is 3.47. The molecule has 5 nitrogen and oxygen atoms in total. The van der Waals surface area contributed by atoms with Gasteiger partial charge < -0.3 is 20.5 Å². The number of hydrogen-bond acceptors (Lipinski definition) is 5. The smallest absolute Gasteiger partial charge is 0.469 e. The highest BCUT2D eigenvalue weighted by Gasteiger charge is 2.24. The molecular weight excluding hydrogens is 233 g/mol. The van der Waals surface area contributed by atoms with Gasteiger partial charge in [0.2, 0.25) is 0 Å². The zero-order chi connectivity index (χ0) is 14.0. The van der Waals surface area contributed by atoms with Gasteiger partial charge in [-0.05, 0) is 48.5 Å². The molecule has 0 heterocycles. The van der Waals surface area contributed by atoms with Crippen LogP contribution in [0.2, 0.25) is 0 Å². The molecule has 0 bridgehead atoms. The Morgan fingerprint density at radius 1 is 1.22 bits per heavy atom. The van der Waals surface area contributed by atoms with Crippen molar-refractivity contribution in [2.75, 3.05) is 12.8 Å². The largest absolute Gasteiger partial charge is 0.489 e. The number of rotatable bonds is 3. The zero-order valence-corrected chi connectivity index (χ0v) is 11.1. The van der Waals surface area contributed by atoms with Gasteiger partial charge in [-0.1, -0.05) is 0 Å². The number of esters is 1. The Bertz CT molecular complexity index is 486. The van der Waals surface area contributed by atoms with Crippen LogP contribution >= 0.6 is 0 Å². The first-order valence-corrected chi connectivity index (χ1v) is 5.62. The molecule has 0 saturated heterocycles. The summed E-state index contributed by atoms with van der Waals surface area (Å²) in [7, 11) is -0.295. The second-order valence-corrected chi connectivity index (χ2v) is 4.31. The Morgan fingerprint density at radius 2 is 1.78 bits per heavy atom. The molecule has 0 aliphatic heterocycles. The number of nitrogen functional groups attached to an aromatic ring is 1. The summed E-state index contributed by atoms with van der Waals surface area (Å²) in [6, 6.07) is 0. The van der Waals surface area contributed by atoms with E-state index in [4.69, 9.17) is 5.73 Å². The van der Waals surface area contributed by atoms with E-state index in [1.54, 1.807) is 20.8 Å². The minimum Gasteiger partial charge on any atom is -0.469 e. The molecule has 0 radical (unpaired) electrons. The molecule has 0 fully saturated rings. The standard InChI is InChI=1S/C12H18BNO4/c1-6-9(5-10(15)18-4)7(2)12(14)8(3)11(6)13(16)17/h16-17H,5,14H2,1-4H3. The molecule has 1 aromatic rings. The molecule has 18 heavy (non-hydrogen) atoms. The summed E-state index contributed by atoms with van der Waals surface area (Å²) < 4.78 is 4.63. The van der Waals surface area contributed by atoms with Crippen molar-refractivity contribution >= 4 is 24.2 Å². The molecule has 0 atom stereocenters. The lowest BCUT2D eigenvalue weighted by atomic mass is 9.71. The lowest BCUT2D eigenvalue weighted by molar-refractivity contribution is -0.139. The molecule has 0 aliphatic rings. The quantitative estimate of drug-likeness (QED) is 0.386. The van der Waals surface area contributed by atoms with Crippen LogP contribution < -0.4 is 11.2 Å². The Hall–Kier alpha value is -1.53. The predicted molar refractivity (Wildman–Crippen MR) is 70.6 cm³/mol. The zero-order valence-electron chi connectivity index (χ0n) is 11.1. The predicted octanol–water partition coefficient (Wildman–Crippen LogP) is -0.411. The molecular formula is C12H18BNO4. The molecule has 0 unspecified atom stereocenters. The number of anilines is 1. The fourth-order valence-electron chi connectivity index (χ4n) is 2.18. The summed E-state index contributed by atoms with van der Waals surface area (Å²) in [6.45, 7) is 5.28. The maximum absolute atomic E-state index is 11.4. The molecule has 0 amide bonds. The van der Waals surface area contributed by atoms with Crippen LogP contribution in [-0.4, -0.2) is 30.2 Å². The maximum atomic E-state index is 11.4. The molecule has 1 aromatic carbocycles. The van der Waals surface area contributed by atoms with Gasteiger partial charge in [-0.2, -0.15) is 0 Å². The van der Waals surface area contributed by atoms with Crippen molar-refractivity contribution in [2.24, 2.45) is 0 Å². The fraction of sp³-hybridized carbons (Fsp3) is 0.417. The second-order valence-electron chi connectivity index (χ2n) is 4.31. The van der Waals surface area contributed by atoms with Gasteiger partial charge >= 0.3 is 13.1 Å². The van der Waals surface area contributed by atoms with Crippen molar-refractivity contribution in [3.05, 3.63) is 22.3 Å². The molecule has 98 valence electrons. The van der Waals surface area contributed by atoms with Gasteiger partial charge in [0.15, 0.2) is 0 Å². The van der Waals surface area contributed by atoms with E-state index >= 15 is 0 Å². The van der Waals surface area contributed by atoms with Gasteiger partial charge in [-0.3, -0.25) is 4.79 Å². The first kappa shape index (κ1) is 14.5. The highest BCUT2D eigenvalue weighted by atomic mass is 16.5. The summed E-state index contributed by atoms with van der Waals surface area (Å²) in [5.74, 6) is -0.386. The van der Waals surface area contributed by atoms with E-state index in [2.05, 4.69) is 4.74 Å². The summed E-state index contributed by atoms with van der Waals surface area (Å²) >= 11 is 0. The third-order valence-corrected chi connectivity index (χ3v) is 3.33. The first-order chi connectivity index (χ1) is 8.31. The van der Waals surface area contributed by atoms with E-state index < -0.39 is 7.12 Å². The lowest BCUT2D eigenvalue weighted by Crippen LogP contribution is -2.36. The van der Waals surface area contributed by atoms with Crippen molar-refractivity contribution < 1.29 is 19.6 Å². The van der Waals surface area contributed by atoms with Gasteiger partial charge in [-0.25, -0.2) is 0 Å². The van der Waals surface area contributed by atoms with Crippen molar-refractivity contribution in [1.29, 1.82) is 0 Å². The minimum atomic E-state index is -1.61. The number of carbonyl (C=O) groups is 1. The fourth-order valence-corrected chi connectivity index (χ4v) is 2.18. The third-order valence-electron chi connectivity index (χ3n) is 3.33. The van der Waals surface area contributed by atoms with Crippen LogP contribution in [-0.2, 0) is 16.0 Å². The SMILES string of the molecule is COC(=O)Cc1c(C)c(N)c(C)c(B(O)O)c1C. The van der Waals surface area contributed by atoms with Gasteiger partial charge in [0.25, 0.3) is 0 Å². The second kappa shape index (κ2) is 5.41. The summed E-state index contributed by atoms with van der Waals surface area (Å²) in [5, 5.41) is 18.8. The Morgan fingerprint density at radius 3 is 2.22 bits per heavy atom. The molecule has 1 rings (SSSR count). The molecule has 0 aromatic heterocycles. The van der Waals surface area contributed by atoms with Crippen molar-refractivity contribution in [3.63, 3.8) is 0 Å². The number of benzene rings is 1. The highest BCUT2D eigenvalue weighted by molar-refractivity contribution is 6.60. The number of nitrogens with two attached hydrogens (primary N) is 1. The van der Waals surface area contributed by atoms with E-state index in [1.165, 1.54) is 7.11 Å². The van der Waals surface area contributed by atoms with Crippen molar-refractivity contribution in [1.82, 2.24) is 0 Å². The summed E-state index contributed by atoms with van der Waals surface area (Å²) in [6.07, 6.45) is 0.0678. The molecule has 0 spiro atoms. The van der Waals surface area contributed by atoms with Gasteiger partial charge in [0.05, 0.1) is 13.5 Å². The van der Waals surface area contributed by atoms with Crippen LogP contribution in [0.15, 0.2) is 0 Å². The number of hydrogen-bond donors (Lipinski definition) is 3. The molecule has 6 heteroatoms. The Kier molecular flexibility index (Phi) is 4.37. The molecule has 0 aliphatic carbocycles. The highest BCUT2D eigenvalue weighted by Crippen LogP contribution is 2.23. The van der Waals surface area contributed by atoms with Gasteiger partial charge in [-0.15, -0.1) is 0 Å². The van der Waals surface area contributed by atoms with E-state index in [0.29, 0.717) is 27.8 Å². The number of ether oxygens (including phenoxy) is 1. The minimum absolute atomic E-state index is 0.0678. The van der Waals surface area contributed by atoms with Crippen LogP contribution in [0.3, 0.4) is 0 Å². The lowest BCUT2D eigenvalue weighted by Gasteiger charge is -2.19. The molecule has 4 N–H and O–H groups in total. The number of carbonyl (C=O) groups excluding carboxylic acids is 1. The van der Waals surface area contributed by atoms with Crippen LogP contribution in [0.4, 0.5) is 5.69 Å². The number of methoxy groups -OCH3 is 1. The normalized spacial score (nSPS) is 10.3. The topological polar surface area (TPSA) is 92.8 Å². The maximum Gasteiger partial charge on any atom is 0.489 e. The van der Waals surface area contributed by atoms with E-state index in [1.807, 2.05) is 0 Å². The van der Waals surface area contributed by atoms with Crippen LogP contribution in [0.25, 0.3) is 0 Å². The van der Waals surface area contributed by atoms with Crippen molar-refractivity contribution in [2.45, 2.75) is 27.2 Å². The van der Waals surface area contributed by atoms with E-state index in [-0.39, 0.29) is 12.4 Å². The van der Waals surface area contributed by atoms with Crippen LogP contribution in [0, 0.1) is 20.8 Å². The van der Waals surface area contributed by atoms with E-state index in [9.17, 15) is 14.8 Å². The van der Waals surface area contributed by atoms with Gasteiger partial charge in [0, 0.05) is 5.69 Å². The van der Waals surface area contributed by atoms with E-state index in [0.717, 1.165) is 5.56 Å². The van der Waals surface area contributed by atoms with Crippen LogP contribution in [0.5, 0.6) is 0 Å². The third kappa shape index (κ3) is 2.49. The summed E-state index contributed by atoms with van der Waals surface area (Å²) in [5.41, 5.74) is 9.53. The van der Waals surface area contributed by atoms with Crippen molar-refractivity contribution in [3.8, 4) is 0 Å². The first-order valence-electron chi connectivity index (χ1n) is 5.62.